The van der Waals surface area contributed by atoms with E-state index in [2.05, 4.69) is 6.08 Å². The highest BCUT2D eigenvalue weighted by atomic mass is 19.1. The first-order valence-electron chi connectivity index (χ1n) is 6.18. The molecule has 0 unspecified atom stereocenters. The fraction of sp³-hybridized carbons (Fsp3) is 0.333. The van der Waals surface area contributed by atoms with Gasteiger partial charge in [0.15, 0.2) is 0 Å². The van der Waals surface area contributed by atoms with Crippen molar-refractivity contribution in [3.05, 3.63) is 53.1 Å². The van der Waals surface area contributed by atoms with Crippen molar-refractivity contribution in [1.82, 2.24) is 0 Å². The van der Waals surface area contributed by atoms with Crippen LogP contribution < -0.4 is 10.5 Å². The third-order valence-corrected chi connectivity index (χ3v) is 3.00. The quantitative estimate of drug-likeness (QED) is 0.867. The molecule has 0 saturated heterocycles. The molecule has 0 aliphatic heterocycles. The molecule has 0 atom stereocenters. The average molecular weight is 247 g/mol. The molecular formula is C15H18FNO. The summed E-state index contributed by atoms with van der Waals surface area (Å²) in [4.78, 5) is 0. The summed E-state index contributed by atoms with van der Waals surface area (Å²) in [6, 6.07) is 7.72. The number of hydrogen-bond donors (Lipinski definition) is 1. The minimum atomic E-state index is -0.359. The van der Waals surface area contributed by atoms with Gasteiger partial charge < -0.3 is 10.5 Å². The maximum Gasteiger partial charge on any atom is 0.119 e. The van der Waals surface area contributed by atoms with Crippen molar-refractivity contribution in [3.63, 3.8) is 0 Å². The summed E-state index contributed by atoms with van der Waals surface area (Å²) >= 11 is 0. The van der Waals surface area contributed by atoms with Crippen LogP contribution in [0.4, 0.5) is 4.39 Å². The molecule has 0 amide bonds. The van der Waals surface area contributed by atoms with Gasteiger partial charge in [0.1, 0.15) is 19.0 Å². The van der Waals surface area contributed by atoms with E-state index in [1.165, 1.54) is 0 Å². The van der Waals surface area contributed by atoms with Crippen molar-refractivity contribution < 1.29 is 9.13 Å². The van der Waals surface area contributed by atoms with E-state index in [4.69, 9.17) is 10.5 Å². The number of ether oxygens (including phenoxy) is 1. The zero-order valence-corrected chi connectivity index (χ0v) is 10.4. The lowest BCUT2D eigenvalue weighted by Crippen LogP contribution is -2.04. The highest BCUT2D eigenvalue weighted by Gasteiger charge is 2.05. The van der Waals surface area contributed by atoms with E-state index in [0.29, 0.717) is 13.2 Å². The van der Waals surface area contributed by atoms with Crippen molar-refractivity contribution in [2.75, 3.05) is 13.3 Å². The van der Waals surface area contributed by atoms with Gasteiger partial charge in [0.05, 0.1) is 0 Å². The van der Waals surface area contributed by atoms with E-state index >= 15 is 0 Å². The monoisotopic (exact) mass is 247 g/mol. The third-order valence-electron chi connectivity index (χ3n) is 3.00. The molecule has 1 aliphatic carbocycles. The SMILES string of the molecule is NCc1ccc(OCC2=CCCC(CF)=C2)cc1. The molecule has 0 bridgehead atoms. The summed E-state index contributed by atoms with van der Waals surface area (Å²) < 4.78 is 18.2. The summed E-state index contributed by atoms with van der Waals surface area (Å²) in [6.45, 7) is 0.669. The average Bonchev–Trinajstić information content (AvgIpc) is 2.46. The van der Waals surface area contributed by atoms with Gasteiger partial charge >= 0.3 is 0 Å². The Labute approximate surface area is 107 Å². The molecule has 2 nitrogen and oxygen atoms in total. The maximum atomic E-state index is 12.6. The van der Waals surface area contributed by atoms with Gasteiger partial charge in [0.2, 0.25) is 0 Å². The van der Waals surface area contributed by atoms with Crippen LogP contribution >= 0.6 is 0 Å². The van der Waals surface area contributed by atoms with Crippen LogP contribution in [0.3, 0.4) is 0 Å². The largest absolute Gasteiger partial charge is 0.489 e. The molecule has 1 aromatic carbocycles. The van der Waals surface area contributed by atoms with Crippen LogP contribution in [-0.4, -0.2) is 13.3 Å². The number of alkyl halides is 1. The molecule has 2 N–H and O–H groups in total. The minimum absolute atomic E-state index is 0.359. The number of hydrogen-bond acceptors (Lipinski definition) is 2. The summed E-state index contributed by atoms with van der Waals surface area (Å²) in [6.07, 6.45) is 5.73. The van der Waals surface area contributed by atoms with Crippen molar-refractivity contribution in [2.45, 2.75) is 19.4 Å². The first-order valence-corrected chi connectivity index (χ1v) is 6.18. The van der Waals surface area contributed by atoms with E-state index in [-0.39, 0.29) is 6.67 Å². The molecular weight excluding hydrogens is 229 g/mol. The van der Waals surface area contributed by atoms with Crippen LogP contribution in [0.2, 0.25) is 0 Å². The zero-order chi connectivity index (χ0) is 12.8. The third kappa shape index (κ3) is 3.44. The summed E-state index contributed by atoms with van der Waals surface area (Å²) in [5.74, 6) is 0.814. The Morgan fingerprint density at radius 2 is 2.00 bits per heavy atom. The first-order chi connectivity index (χ1) is 8.81. The molecule has 18 heavy (non-hydrogen) atoms. The molecule has 0 saturated carbocycles. The van der Waals surface area contributed by atoms with Gasteiger partial charge in [-0.05, 0) is 41.7 Å². The van der Waals surface area contributed by atoms with Gasteiger partial charge in [-0.3, -0.25) is 0 Å². The predicted octanol–water partition coefficient (Wildman–Crippen LogP) is 3.14. The van der Waals surface area contributed by atoms with E-state index < -0.39 is 0 Å². The molecule has 0 spiro atoms. The highest BCUT2D eigenvalue weighted by molar-refractivity contribution is 5.31. The van der Waals surface area contributed by atoms with Crippen LogP contribution in [-0.2, 0) is 6.54 Å². The van der Waals surface area contributed by atoms with Crippen LogP contribution in [0.1, 0.15) is 18.4 Å². The second kappa shape index (κ2) is 6.36. The maximum absolute atomic E-state index is 12.6. The van der Waals surface area contributed by atoms with Gasteiger partial charge in [-0.15, -0.1) is 0 Å². The van der Waals surface area contributed by atoms with Gasteiger partial charge in [0.25, 0.3) is 0 Å². The Morgan fingerprint density at radius 3 is 2.67 bits per heavy atom. The lowest BCUT2D eigenvalue weighted by Gasteiger charge is -2.13. The number of rotatable bonds is 5. The Morgan fingerprint density at radius 1 is 1.22 bits per heavy atom. The molecule has 1 aromatic rings. The van der Waals surface area contributed by atoms with Crippen LogP contribution in [0.25, 0.3) is 0 Å². The zero-order valence-electron chi connectivity index (χ0n) is 10.4. The molecule has 3 heteroatoms. The lowest BCUT2D eigenvalue weighted by molar-refractivity contribution is 0.354. The van der Waals surface area contributed by atoms with Crippen molar-refractivity contribution in [3.8, 4) is 5.75 Å². The Kier molecular flexibility index (Phi) is 4.53. The van der Waals surface area contributed by atoms with Gasteiger partial charge in [0, 0.05) is 6.54 Å². The predicted molar refractivity (Wildman–Crippen MR) is 71.2 cm³/mol. The highest BCUT2D eigenvalue weighted by Crippen LogP contribution is 2.19. The normalized spacial score (nSPS) is 15.0. The molecule has 0 radical (unpaired) electrons. The molecule has 2 rings (SSSR count). The van der Waals surface area contributed by atoms with Crippen molar-refractivity contribution >= 4 is 0 Å². The fourth-order valence-corrected chi connectivity index (χ4v) is 1.93. The topological polar surface area (TPSA) is 35.2 Å². The molecule has 0 fully saturated rings. The smallest absolute Gasteiger partial charge is 0.119 e. The summed E-state index contributed by atoms with van der Waals surface area (Å²) in [5, 5.41) is 0. The molecule has 1 aliphatic rings. The van der Waals surface area contributed by atoms with Crippen LogP contribution in [0, 0.1) is 0 Å². The van der Waals surface area contributed by atoms with Crippen LogP contribution in [0.5, 0.6) is 5.75 Å². The Hall–Kier alpha value is -1.61. The Balaban J connectivity index is 1.91. The fourth-order valence-electron chi connectivity index (χ4n) is 1.93. The van der Waals surface area contributed by atoms with Gasteiger partial charge in [-0.2, -0.15) is 0 Å². The van der Waals surface area contributed by atoms with E-state index in [9.17, 15) is 4.39 Å². The molecule has 96 valence electrons. The number of benzene rings is 1. The number of nitrogens with two attached hydrogens (primary N) is 1. The summed E-state index contributed by atoms with van der Waals surface area (Å²) in [7, 11) is 0. The van der Waals surface area contributed by atoms with Gasteiger partial charge in [-0.25, -0.2) is 4.39 Å². The summed E-state index contributed by atoms with van der Waals surface area (Å²) in [5.41, 5.74) is 8.52. The van der Waals surface area contributed by atoms with Crippen molar-refractivity contribution in [2.24, 2.45) is 5.73 Å². The van der Waals surface area contributed by atoms with E-state index in [0.717, 1.165) is 35.3 Å². The minimum Gasteiger partial charge on any atom is -0.489 e. The van der Waals surface area contributed by atoms with E-state index in [1.807, 2.05) is 30.3 Å². The standard InChI is InChI=1S/C15H18FNO/c16-9-13-2-1-3-14(8-13)11-18-15-6-4-12(10-17)5-7-15/h3-8H,1-2,9-11,17H2. The lowest BCUT2D eigenvalue weighted by atomic mass is 10.0. The Bertz CT molecular complexity index is 448. The molecule has 0 aromatic heterocycles. The van der Waals surface area contributed by atoms with Gasteiger partial charge in [-0.1, -0.05) is 24.3 Å². The second-order valence-corrected chi connectivity index (χ2v) is 4.39. The van der Waals surface area contributed by atoms with Crippen molar-refractivity contribution in [1.29, 1.82) is 0 Å². The molecule has 0 heterocycles. The van der Waals surface area contributed by atoms with E-state index in [1.54, 1.807) is 0 Å². The number of allylic oxidation sites excluding steroid dienone is 2. The second-order valence-electron chi connectivity index (χ2n) is 4.39. The first kappa shape index (κ1) is 12.8. The van der Waals surface area contributed by atoms with Crippen LogP contribution in [0.15, 0.2) is 47.6 Å². The number of halogens is 1.